The molecule has 0 heterocycles. The van der Waals surface area contributed by atoms with E-state index >= 15 is 0 Å². The minimum atomic E-state index is -3.76. The molecule has 0 radical (unpaired) electrons. The van der Waals surface area contributed by atoms with Crippen LogP contribution in [0.25, 0.3) is 0 Å². The molecule has 4 nitrogen and oxygen atoms in total. The fourth-order valence-corrected chi connectivity index (χ4v) is 4.71. The zero-order valence-electron chi connectivity index (χ0n) is 12.3. The summed E-state index contributed by atoms with van der Waals surface area (Å²) in [6.07, 6.45) is 4.47. The third-order valence-corrected chi connectivity index (χ3v) is 5.60. The van der Waals surface area contributed by atoms with Crippen LogP contribution in [0.1, 0.15) is 46.0 Å². The summed E-state index contributed by atoms with van der Waals surface area (Å²) in [6.45, 7) is 4.10. The Labute approximate surface area is 137 Å². The highest BCUT2D eigenvalue weighted by Crippen LogP contribution is 2.32. The van der Waals surface area contributed by atoms with Crippen LogP contribution in [0.15, 0.2) is 17.0 Å². The lowest BCUT2D eigenvalue weighted by molar-refractivity contribution is 0.483. The summed E-state index contributed by atoms with van der Waals surface area (Å²) in [4.78, 5) is -0.0994. The summed E-state index contributed by atoms with van der Waals surface area (Å²) in [7, 11) is -3.76. The van der Waals surface area contributed by atoms with E-state index in [1.807, 2.05) is 6.92 Å². The van der Waals surface area contributed by atoms with Crippen molar-refractivity contribution in [2.45, 2.75) is 56.9 Å². The number of nitrogen functional groups attached to an aromatic ring is 1. The normalized spacial score (nSPS) is 13.3. The molecule has 0 aromatic heterocycles. The molecule has 21 heavy (non-hydrogen) atoms. The van der Waals surface area contributed by atoms with E-state index in [4.69, 9.17) is 28.9 Å². The van der Waals surface area contributed by atoms with Crippen molar-refractivity contribution in [1.29, 1.82) is 0 Å². The quantitative estimate of drug-likeness (QED) is 0.688. The van der Waals surface area contributed by atoms with Crippen molar-refractivity contribution in [3.63, 3.8) is 0 Å². The fourth-order valence-electron chi connectivity index (χ4n) is 2.18. The van der Waals surface area contributed by atoms with Gasteiger partial charge < -0.3 is 5.73 Å². The second-order valence-electron chi connectivity index (χ2n) is 5.06. The Morgan fingerprint density at radius 1 is 1.14 bits per heavy atom. The van der Waals surface area contributed by atoms with Crippen molar-refractivity contribution >= 4 is 38.9 Å². The Balaban J connectivity index is 3.04. The van der Waals surface area contributed by atoms with Crippen LogP contribution in [0.4, 0.5) is 5.69 Å². The predicted molar refractivity (Wildman–Crippen MR) is 89.4 cm³/mol. The molecule has 120 valence electrons. The number of hydrogen-bond acceptors (Lipinski definition) is 3. The summed E-state index contributed by atoms with van der Waals surface area (Å²) in [5.41, 5.74) is 5.94. The minimum absolute atomic E-state index is 0.0400. The van der Waals surface area contributed by atoms with Gasteiger partial charge in [0.1, 0.15) is 4.90 Å². The van der Waals surface area contributed by atoms with E-state index in [2.05, 4.69) is 11.6 Å². The van der Waals surface area contributed by atoms with Crippen LogP contribution < -0.4 is 10.5 Å². The topological polar surface area (TPSA) is 72.2 Å². The van der Waals surface area contributed by atoms with Crippen molar-refractivity contribution in [3.8, 4) is 0 Å². The van der Waals surface area contributed by atoms with Gasteiger partial charge in [-0.05, 0) is 25.0 Å². The number of halogens is 2. The zero-order chi connectivity index (χ0) is 16.0. The van der Waals surface area contributed by atoms with E-state index in [1.165, 1.54) is 12.1 Å². The first-order valence-corrected chi connectivity index (χ1v) is 9.32. The first-order valence-electron chi connectivity index (χ1n) is 7.08. The summed E-state index contributed by atoms with van der Waals surface area (Å²) in [6, 6.07) is 2.68. The highest BCUT2D eigenvalue weighted by atomic mass is 35.5. The molecule has 0 saturated heterocycles. The van der Waals surface area contributed by atoms with Gasteiger partial charge in [-0.2, -0.15) is 0 Å². The zero-order valence-corrected chi connectivity index (χ0v) is 14.7. The average Bonchev–Trinajstić information content (AvgIpc) is 2.34. The van der Waals surface area contributed by atoms with E-state index in [9.17, 15) is 8.42 Å². The Kier molecular flexibility index (Phi) is 7.27. The van der Waals surface area contributed by atoms with E-state index in [1.54, 1.807) is 0 Å². The number of sulfonamides is 1. The van der Waals surface area contributed by atoms with Gasteiger partial charge in [-0.1, -0.05) is 56.3 Å². The molecule has 0 saturated carbocycles. The van der Waals surface area contributed by atoms with E-state index in [0.717, 1.165) is 32.1 Å². The van der Waals surface area contributed by atoms with Crippen molar-refractivity contribution in [2.24, 2.45) is 0 Å². The average molecular weight is 353 g/mol. The number of rotatable bonds is 8. The second-order valence-corrected chi connectivity index (χ2v) is 7.53. The first-order chi connectivity index (χ1) is 9.81. The van der Waals surface area contributed by atoms with E-state index in [0.29, 0.717) is 5.69 Å². The van der Waals surface area contributed by atoms with Crippen LogP contribution in [-0.4, -0.2) is 14.5 Å². The van der Waals surface area contributed by atoms with Crippen molar-refractivity contribution < 1.29 is 8.42 Å². The number of benzene rings is 1. The number of nitrogens with one attached hydrogen (secondary N) is 1. The summed E-state index contributed by atoms with van der Waals surface area (Å²) < 4.78 is 27.7. The lowest BCUT2D eigenvalue weighted by Gasteiger charge is -2.19. The van der Waals surface area contributed by atoms with Crippen molar-refractivity contribution in [3.05, 3.63) is 22.2 Å². The highest BCUT2D eigenvalue weighted by Gasteiger charge is 2.25. The largest absolute Gasteiger partial charge is 0.399 e. The standard InChI is InChI=1S/C14H22Cl2N2O2S/c1-3-5-7-11(6-4-2)18-21(19,20)14-12(15)8-10(17)9-13(14)16/h8-9,11,18H,3-7,17H2,1-2H3. The van der Waals surface area contributed by atoms with E-state index in [-0.39, 0.29) is 21.0 Å². The summed E-state index contributed by atoms with van der Waals surface area (Å²) in [5, 5.41) is 0.0801. The summed E-state index contributed by atoms with van der Waals surface area (Å²) in [5.74, 6) is 0. The molecular formula is C14H22Cl2N2O2S. The Hall–Kier alpha value is -0.490. The summed E-state index contributed by atoms with van der Waals surface area (Å²) >= 11 is 12.0. The fraction of sp³-hybridized carbons (Fsp3) is 0.571. The van der Waals surface area contributed by atoms with Crippen LogP contribution in [0, 0.1) is 0 Å². The SMILES string of the molecule is CCCCC(CCC)NS(=O)(=O)c1c(Cl)cc(N)cc1Cl. The molecule has 1 unspecified atom stereocenters. The maximum absolute atomic E-state index is 12.5. The maximum atomic E-state index is 12.5. The van der Waals surface area contributed by atoms with Crippen LogP contribution in [0.3, 0.4) is 0 Å². The van der Waals surface area contributed by atoms with E-state index < -0.39 is 10.0 Å². The van der Waals surface area contributed by atoms with Gasteiger partial charge in [0.05, 0.1) is 10.0 Å². The molecule has 1 aromatic carbocycles. The number of hydrogen-bond donors (Lipinski definition) is 2. The van der Waals surface area contributed by atoms with Gasteiger partial charge in [-0.15, -0.1) is 0 Å². The van der Waals surface area contributed by atoms with Crippen molar-refractivity contribution in [2.75, 3.05) is 5.73 Å². The van der Waals surface area contributed by atoms with Gasteiger partial charge >= 0.3 is 0 Å². The lowest BCUT2D eigenvalue weighted by Crippen LogP contribution is -2.35. The smallest absolute Gasteiger partial charge is 0.243 e. The lowest BCUT2D eigenvalue weighted by atomic mass is 10.1. The molecule has 0 spiro atoms. The molecule has 1 atom stereocenters. The van der Waals surface area contributed by atoms with Crippen molar-refractivity contribution in [1.82, 2.24) is 4.72 Å². The molecule has 7 heteroatoms. The first kappa shape index (κ1) is 18.6. The molecule has 1 rings (SSSR count). The molecule has 3 N–H and O–H groups in total. The molecular weight excluding hydrogens is 331 g/mol. The predicted octanol–water partition coefficient (Wildman–Crippen LogP) is 4.21. The van der Waals surface area contributed by atoms with Crippen LogP contribution >= 0.6 is 23.2 Å². The molecule has 1 aromatic rings. The maximum Gasteiger partial charge on any atom is 0.243 e. The number of anilines is 1. The van der Waals surface area contributed by atoms with Gasteiger partial charge in [0, 0.05) is 11.7 Å². The van der Waals surface area contributed by atoms with Gasteiger partial charge in [0.25, 0.3) is 0 Å². The Bertz CT molecular complexity index is 553. The highest BCUT2D eigenvalue weighted by molar-refractivity contribution is 7.89. The van der Waals surface area contributed by atoms with Crippen LogP contribution in [0.2, 0.25) is 10.0 Å². The monoisotopic (exact) mass is 352 g/mol. The molecule has 0 fully saturated rings. The second kappa shape index (κ2) is 8.22. The van der Waals surface area contributed by atoms with Gasteiger partial charge in [0.15, 0.2) is 0 Å². The Morgan fingerprint density at radius 2 is 1.71 bits per heavy atom. The molecule has 0 aliphatic carbocycles. The number of nitrogens with two attached hydrogens (primary N) is 1. The van der Waals surface area contributed by atoms with Crippen LogP contribution in [-0.2, 0) is 10.0 Å². The third-order valence-electron chi connectivity index (χ3n) is 3.15. The third kappa shape index (κ3) is 5.33. The minimum Gasteiger partial charge on any atom is -0.399 e. The molecule has 0 aliphatic rings. The van der Waals surface area contributed by atoms with Gasteiger partial charge in [-0.25, -0.2) is 13.1 Å². The molecule has 0 bridgehead atoms. The van der Waals surface area contributed by atoms with Crippen LogP contribution in [0.5, 0.6) is 0 Å². The molecule has 0 aliphatic heterocycles. The molecule has 0 amide bonds. The number of unbranched alkanes of at least 4 members (excludes halogenated alkanes) is 1. The van der Waals surface area contributed by atoms with Gasteiger partial charge in [-0.3, -0.25) is 0 Å². The Morgan fingerprint density at radius 3 is 2.19 bits per heavy atom. The van der Waals surface area contributed by atoms with Gasteiger partial charge in [0.2, 0.25) is 10.0 Å².